The van der Waals surface area contributed by atoms with Crippen LogP contribution in [0.3, 0.4) is 0 Å². The van der Waals surface area contributed by atoms with E-state index in [0.717, 1.165) is 4.70 Å². The normalized spacial score (nSPS) is 10.3. The number of hydrogen-bond acceptors (Lipinski definition) is 5. The number of aromatic nitrogens is 3. The van der Waals surface area contributed by atoms with E-state index in [9.17, 15) is 0 Å². The van der Waals surface area contributed by atoms with E-state index < -0.39 is 0 Å². The highest BCUT2D eigenvalue weighted by Gasteiger charge is 1.99. The first-order chi connectivity index (χ1) is 5.40. The molecule has 0 aromatic carbocycles. The summed E-state index contributed by atoms with van der Waals surface area (Å²) >= 11 is 1.51. The second-order valence-corrected chi connectivity index (χ2v) is 2.78. The largest absolute Gasteiger partial charge is 0.467 e. The van der Waals surface area contributed by atoms with Gasteiger partial charge in [-0.05, 0) is 0 Å². The fourth-order valence-electron chi connectivity index (χ4n) is 0.753. The van der Waals surface area contributed by atoms with Crippen LogP contribution in [-0.4, -0.2) is 22.1 Å². The molecule has 11 heavy (non-hydrogen) atoms. The maximum absolute atomic E-state index is 4.83. The van der Waals surface area contributed by atoms with Crippen molar-refractivity contribution in [2.45, 2.75) is 0 Å². The van der Waals surface area contributed by atoms with E-state index >= 15 is 0 Å². The molecule has 0 N–H and O–H groups in total. The third kappa shape index (κ3) is 1.03. The summed E-state index contributed by atoms with van der Waals surface area (Å²) < 4.78 is 5.81. The van der Waals surface area contributed by atoms with Crippen molar-refractivity contribution in [1.82, 2.24) is 15.0 Å². The van der Waals surface area contributed by atoms with Gasteiger partial charge in [-0.25, -0.2) is 9.97 Å². The molecule has 0 atom stereocenters. The first-order valence-electron chi connectivity index (χ1n) is 3.00. The monoisotopic (exact) mass is 167 g/mol. The maximum Gasteiger partial charge on any atom is 0.318 e. The molecule has 0 saturated carbocycles. The number of hydrogen-bond donors (Lipinski definition) is 0. The highest BCUT2D eigenvalue weighted by molar-refractivity contribution is 7.16. The summed E-state index contributed by atoms with van der Waals surface area (Å²) in [5, 5.41) is 0. The Bertz CT molecular complexity index is 373. The summed E-state index contributed by atoms with van der Waals surface area (Å²) in [5.41, 5.74) is 2.43. The lowest BCUT2D eigenvalue weighted by molar-refractivity contribution is 0.381. The topological polar surface area (TPSA) is 47.9 Å². The second-order valence-electron chi connectivity index (χ2n) is 1.90. The van der Waals surface area contributed by atoms with Gasteiger partial charge in [-0.1, -0.05) is 0 Å². The number of nitrogens with zero attached hydrogens (tertiary/aromatic N) is 3. The van der Waals surface area contributed by atoms with Gasteiger partial charge in [0.2, 0.25) is 0 Å². The Balaban J connectivity index is 2.67. The molecule has 0 fully saturated rings. The number of methoxy groups -OCH3 is 1. The number of ether oxygens (including phenoxy) is 1. The van der Waals surface area contributed by atoms with Gasteiger partial charge in [-0.15, -0.1) is 11.3 Å². The van der Waals surface area contributed by atoms with E-state index in [4.69, 9.17) is 4.74 Å². The van der Waals surface area contributed by atoms with Crippen molar-refractivity contribution in [3.63, 3.8) is 0 Å². The zero-order valence-corrected chi connectivity index (χ0v) is 6.63. The van der Waals surface area contributed by atoms with Crippen molar-refractivity contribution < 1.29 is 4.74 Å². The zero-order valence-electron chi connectivity index (χ0n) is 5.81. The van der Waals surface area contributed by atoms with Crippen LogP contribution >= 0.6 is 11.3 Å². The molecule has 0 spiro atoms. The standard InChI is InChI=1S/C6H5N3OS/c1-10-6-7-2-4-5(9-6)8-3-11-4/h2-3H,1H3. The minimum atomic E-state index is 0.364. The van der Waals surface area contributed by atoms with E-state index in [1.54, 1.807) is 11.7 Å². The molecule has 0 aliphatic carbocycles. The molecule has 0 saturated heterocycles. The highest BCUT2D eigenvalue weighted by Crippen LogP contribution is 2.15. The quantitative estimate of drug-likeness (QED) is 0.638. The van der Waals surface area contributed by atoms with Crippen LogP contribution in [0, 0.1) is 0 Å². The number of fused-ring (bicyclic) bond motifs is 1. The molecule has 0 bridgehead atoms. The van der Waals surface area contributed by atoms with Gasteiger partial charge in [0, 0.05) is 0 Å². The lowest BCUT2D eigenvalue weighted by Crippen LogP contribution is -1.90. The predicted molar refractivity (Wildman–Crippen MR) is 41.8 cm³/mol. The average molecular weight is 167 g/mol. The second kappa shape index (κ2) is 2.43. The summed E-state index contributed by atoms with van der Waals surface area (Å²) in [6.07, 6.45) is 1.71. The van der Waals surface area contributed by atoms with Crippen molar-refractivity contribution in [1.29, 1.82) is 0 Å². The third-order valence-electron chi connectivity index (χ3n) is 1.25. The van der Waals surface area contributed by atoms with Gasteiger partial charge in [-0.3, -0.25) is 0 Å². The minimum Gasteiger partial charge on any atom is -0.467 e. The van der Waals surface area contributed by atoms with Crippen molar-refractivity contribution in [3.8, 4) is 6.01 Å². The van der Waals surface area contributed by atoms with Gasteiger partial charge < -0.3 is 4.74 Å². The van der Waals surface area contributed by atoms with Crippen LogP contribution in [0.1, 0.15) is 0 Å². The molecule has 0 aliphatic rings. The molecule has 2 rings (SSSR count). The van der Waals surface area contributed by atoms with Crippen molar-refractivity contribution in [2.75, 3.05) is 7.11 Å². The van der Waals surface area contributed by atoms with Crippen molar-refractivity contribution in [3.05, 3.63) is 11.7 Å². The van der Waals surface area contributed by atoms with Gasteiger partial charge in [0.25, 0.3) is 0 Å². The molecule has 2 aromatic heterocycles. The van der Waals surface area contributed by atoms with Crippen molar-refractivity contribution >= 4 is 21.7 Å². The molecule has 5 heteroatoms. The first kappa shape index (κ1) is 6.48. The molecular formula is C6H5N3OS. The van der Waals surface area contributed by atoms with Gasteiger partial charge in [0.15, 0.2) is 5.65 Å². The van der Waals surface area contributed by atoms with Crippen LogP contribution in [0.4, 0.5) is 0 Å². The van der Waals surface area contributed by atoms with Crippen LogP contribution in [0.5, 0.6) is 6.01 Å². The molecule has 0 unspecified atom stereocenters. The summed E-state index contributed by atoms with van der Waals surface area (Å²) in [6.45, 7) is 0. The van der Waals surface area contributed by atoms with Crippen LogP contribution in [0.2, 0.25) is 0 Å². The molecular weight excluding hydrogens is 162 g/mol. The maximum atomic E-state index is 4.83. The highest BCUT2D eigenvalue weighted by atomic mass is 32.1. The number of thiazole rings is 1. The molecule has 0 radical (unpaired) electrons. The van der Waals surface area contributed by atoms with Crippen LogP contribution in [-0.2, 0) is 0 Å². The molecule has 2 aromatic rings. The van der Waals surface area contributed by atoms with E-state index in [1.807, 2.05) is 0 Å². The predicted octanol–water partition coefficient (Wildman–Crippen LogP) is 1.09. The molecule has 0 amide bonds. The molecule has 2 heterocycles. The fourth-order valence-corrected chi connectivity index (χ4v) is 1.34. The molecule has 56 valence electrons. The Morgan fingerprint density at radius 3 is 3.18 bits per heavy atom. The summed E-state index contributed by atoms with van der Waals surface area (Å²) in [4.78, 5) is 12.0. The van der Waals surface area contributed by atoms with E-state index in [0.29, 0.717) is 11.7 Å². The van der Waals surface area contributed by atoms with E-state index in [2.05, 4.69) is 15.0 Å². The smallest absolute Gasteiger partial charge is 0.318 e. The first-order valence-corrected chi connectivity index (χ1v) is 3.88. The summed E-state index contributed by atoms with van der Waals surface area (Å²) in [7, 11) is 1.54. The Hall–Kier alpha value is -1.23. The van der Waals surface area contributed by atoms with Crippen LogP contribution in [0.15, 0.2) is 11.7 Å². The van der Waals surface area contributed by atoms with Crippen LogP contribution in [0.25, 0.3) is 10.3 Å². The molecule has 4 nitrogen and oxygen atoms in total. The van der Waals surface area contributed by atoms with Gasteiger partial charge in [0.1, 0.15) is 0 Å². The Morgan fingerprint density at radius 2 is 2.36 bits per heavy atom. The van der Waals surface area contributed by atoms with Crippen LogP contribution < -0.4 is 4.74 Å². The third-order valence-corrected chi connectivity index (χ3v) is 2.00. The average Bonchev–Trinajstić information content (AvgIpc) is 2.50. The zero-order chi connectivity index (χ0) is 7.68. The van der Waals surface area contributed by atoms with E-state index in [1.165, 1.54) is 18.4 Å². The fraction of sp³-hybridized carbons (Fsp3) is 0.167. The SMILES string of the molecule is COc1ncc2scnc2n1. The lowest BCUT2D eigenvalue weighted by Gasteiger charge is -1.93. The summed E-state index contributed by atoms with van der Waals surface area (Å²) in [5.74, 6) is 0. The lowest BCUT2D eigenvalue weighted by atomic mass is 10.6. The van der Waals surface area contributed by atoms with Gasteiger partial charge >= 0.3 is 6.01 Å². The molecule has 0 aliphatic heterocycles. The minimum absolute atomic E-state index is 0.364. The van der Waals surface area contributed by atoms with Crippen molar-refractivity contribution in [2.24, 2.45) is 0 Å². The van der Waals surface area contributed by atoms with E-state index in [-0.39, 0.29) is 0 Å². The Kier molecular flexibility index (Phi) is 1.43. The summed E-state index contributed by atoms with van der Waals surface area (Å²) in [6, 6.07) is 0.364. The number of rotatable bonds is 1. The van der Waals surface area contributed by atoms with Gasteiger partial charge in [0.05, 0.1) is 23.5 Å². The van der Waals surface area contributed by atoms with Gasteiger partial charge in [-0.2, -0.15) is 4.98 Å². The Labute approximate surface area is 66.9 Å². The Morgan fingerprint density at radius 1 is 1.45 bits per heavy atom.